The fourth-order valence-corrected chi connectivity index (χ4v) is 3.91. The summed E-state index contributed by atoms with van der Waals surface area (Å²) >= 11 is 0. The summed E-state index contributed by atoms with van der Waals surface area (Å²) in [6.07, 6.45) is 2.08. The monoisotopic (exact) mass is 350 g/mol. The van der Waals surface area contributed by atoms with Gasteiger partial charge in [0.1, 0.15) is 12.9 Å². The summed E-state index contributed by atoms with van der Waals surface area (Å²) in [7, 11) is 2.12. The number of aromatic nitrogens is 1. The highest BCUT2D eigenvalue weighted by Crippen LogP contribution is 2.31. The molecule has 0 spiro atoms. The van der Waals surface area contributed by atoms with Gasteiger partial charge in [-0.3, -0.25) is 0 Å². The van der Waals surface area contributed by atoms with E-state index < -0.39 is 0 Å². The van der Waals surface area contributed by atoms with Crippen molar-refractivity contribution >= 4 is 28.4 Å². The molecule has 1 aliphatic heterocycles. The summed E-state index contributed by atoms with van der Waals surface area (Å²) in [6.45, 7) is 2.13. The lowest BCUT2D eigenvalue weighted by atomic mass is 10.0. The summed E-state index contributed by atoms with van der Waals surface area (Å²) in [6, 6.07) is 27.4. The molecule has 3 heterocycles. The number of pyridine rings is 1. The Hall–Kier alpha value is -3.46. The molecule has 0 atom stereocenters. The Morgan fingerprint density at radius 2 is 1.59 bits per heavy atom. The third-order valence-corrected chi connectivity index (χ3v) is 5.21. The van der Waals surface area contributed by atoms with Crippen molar-refractivity contribution < 1.29 is 4.58 Å². The summed E-state index contributed by atoms with van der Waals surface area (Å²) in [5.41, 5.74) is 8.11. The fraction of sp³-hybridized carbons (Fsp3) is 0.0833. The first-order chi connectivity index (χ1) is 13.2. The smallest absolute Gasteiger partial charge is 0.239 e. The Balaban J connectivity index is 1.79. The van der Waals surface area contributed by atoms with Crippen molar-refractivity contribution in [1.29, 1.82) is 0 Å². The van der Waals surface area contributed by atoms with E-state index in [1.807, 2.05) is 12.1 Å². The molecule has 0 aliphatic carbocycles. The second-order valence-corrected chi connectivity index (χ2v) is 6.89. The third kappa shape index (κ3) is 2.43. The largest absolute Gasteiger partial charge is 0.302 e. The molecule has 0 amide bonds. The first kappa shape index (κ1) is 15.8. The number of para-hydroxylation sites is 1. The van der Waals surface area contributed by atoms with Crippen LogP contribution in [0.3, 0.4) is 0 Å². The zero-order valence-electron chi connectivity index (χ0n) is 15.4. The zero-order chi connectivity index (χ0) is 18.4. The molecular weight excluding hydrogens is 330 g/mol. The van der Waals surface area contributed by atoms with Crippen LogP contribution < -0.4 is 0 Å². The maximum Gasteiger partial charge on any atom is 0.239 e. The van der Waals surface area contributed by atoms with Crippen LogP contribution in [0, 0.1) is 6.92 Å². The zero-order valence-corrected chi connectivity index (χ0v) is 15.4. The van der Waals surface area contributed by atoms with Gasteiger partial charge in [-0.25, -0.2) is 4.99 Å². The maximum atomic E-state index is 5.16. The lowest BCUT2D eigenvalue weighted by Crippen LogP contribution is -2.18. The minimum atomic E-state index is 0.955. The van der Waals surface area contributed by atoms with Crippen LogP contribution in [0.15, 0.2) is 90.1 Å². The molecule has 0 saturated heterocycles. The minimum absolute atomic E-state index is 0.955. The van der Waals surface area contributed by atoms with Gasteiger partial charge in [-0.1, -0.05) is 36.4 Å². The first-order valence-electron chi connectivity index (χ1n) is 9.15. The number of hydrogen-bond donors (Lipinski definition) is 0. The average molecular weight is 350 g/mol. The van der Waals surface area contributed by atoms with E-state index in [4.69, 9.17) is 4.99 Å². The molecule has 5 rings (SSSR count). The molecule has 0 unspecified atom stereocenters. The van der Waals surface area contributed by atoms with Crippen molar-refractivity contribution in [3.63, 3.8) is 0 Å². The SMILES string of the molecule is Cc1cc(N=C2C(c3ccccc3)=[N+](C)c3ccccc32)n2ccccc12. The van der Waals surface area contributed by atoms with Gasteiger partial charge in [-0.2, -0.15) is 4.58 Å². The molecule has 4 aromatic rings. The molecule has 3 heteroatoms. The van der Waals surface area contributed by atoms with Crippen LogP contribution >= 0.6 is 0 Å². The molecule has 2 aromatic carbocycles. The van der Waals surface area contributed by atoms with E-state index in [-0.39, 0.29) is 0 Å². The molecule has 130 valence electrons. The number of aliphatic imine (C=N–C) groups is 1. The average Bonchev–Trinajstić information content (AvgIpc) is 3.18. The van der Waals surface area contributed by atoms with E-state index in [1.165, 1.54) is 27.9 Å². The minimum Gasteiger partial charge on any atom is -0.302 e. The van der Waals surface area contributed by atoms with Crippen LogP contribution in [-0.2, 0) is 0 Å². The molecular formula is C24H20N3+. The number of hydrogen-bond acceptors (Lipinski definition) is 1. The number of fused-ring (bicyclic) bond motifs is 2. The number of nitrogens with zero attached hydrogens (tertiary/aromatic N) is 3. The first-order valence-corrected chi connectivity index (χ1v) is 9.15. The van der Waals surface area contributed by atoms with E-state index in [2.05, 4.69) is 95.9 Å². The van der Waals surface area contributed by atoms with Crippen LogP contribution in [-0.4, -0.2) is 27.4 Å². The molecule has 0 bridgehead atoms. The molecule has 1 aliphatic rings. The Bertz CT molecular complexity index is 1230. The van der Waals surface area contributed by atoms with Crippen molar-refractivity contribution in [1.82, 2.24) is 4.40 Å². The van der Waals surface area contributed by atoms with Crippen molar-refractivity contribution in [2.24, 2.45) is 4.99 Å². The fourth-order valence-electron chi connectivity index (χ4n) is 3.91. The normalized spacial score (nSPS) is 15.0. The highest BCUT2D eigenvalue weighted by atomic mass is 15.1. The van der Waals surface area contributed by atoms with E-state index in [9.17, 15) is 0 Å². The van der Waals surface area contributed by atoms with Gasteiger partial charge in [0.15, 0.2) is 5.71 Å². The Morgan fingerprint density at radius 3 is 2.44 bits per heavy atom. The van der Waals surface area contributed by atoms with Gasteiger partial charge in [-0.05, 0) is 48.9 Å². The van der Waals surface area contributed by atoms with Gasteiger partial charge in [-0.15, -0.1) is 0 Å². The van der Waals surface area contributed by atoms with Gasteiger partial charge in [0.05, 0.1) is 11.1 Å². The van der Waals surface area contributed by atoms with Crippen LogP contribution in [0.2, 0.25) is 0 Å². The van der Waals surface area contributed by atoms with Gasteiger partial charge in [0.2, 0.25) is 11.4 Å². The highest BCUT2D eigenvalue weighted by molar-refractivity contribution is 6.54. The molecule has 0 N–H and O–H groups in total. The van der Waals surface area contributed by atoms with E-state index in [0.717, 1.165) is 17.2 Å². The lowest BCUT2D eigenvalue weighted by Gasteiger charge is -2.02. The number of rotatable bonds is 2. The van der Waals surface area contributed by atoms with Crippen molar-refractivity contribution in [2.75, 3.05) is 7.05 Å². The van der Waals surface area contributed by atoms with Crippen molar-refractivity contribution in [2.45, 2.75) is 6.92 Å². The number of aryl methyl sites for hydroxylation is 1. The van der Waals surface area contributed by atoms with Crippen LogP contribution in [0.5, 0.6) is 0 Å². The van der Waals surface area contributed by atoms with E-state index in [0.29, 0.717) is 0 Å². The van der Waals surface area contributed by atoms with E-state index >= 15 is 0 Å². The molecule has 27 heavy (non-hydrogen) atoms. The van der Waals surface area contributed by atoms with Gasteiger partial charge in [0, 0.05) is 17.8 Å². The maximum absolute atomic E-state index is 5.16. The standard InChI is InChI=1S/C24H20N3/c1-17-16-22(27-15-9-8-13-20(17)27)25-23-19-12-6-7-14-21(19)26(2)24(23)18-10-4-3-5-11-18/h3-16H,1-2H3/q+1. The Kier molecular flexibility index (Phi) is 3.54. The number of benzene rings is 2. The second kappa shape index (κ2) is 6.06. The third-order valence-electron chi connectivity index (χ3n) is 5.21. The van der Waals surface area contributed by atoms with Crippen LogP contribution in [0.25, 0.3) is 5.52 Å². The van der Waals surface area contributed by atoms with Crippen molar-refractivity contribution in [3.8, 4) is 0 Å². The van der Waals surface area contributed by atoms with Crippen LogP contribution in [0.1, 0.15) is 16.7 Å². The quantitative estimate of drug-likeness (QED) is 0.446. The van der Waals surface area contributed by atoms with E-state index in [1.54, 1.807) is 0 Å². The Morgan fingerprint density at radius 1 is 0.852 bits per heavy atom. The van der Waals surface area contributed by atoms with Crippen LogP contribution in [0.4, 0.5) is 11.5 Å². The van der Waals surface area contributed by atoms with Crippen molar-refractivity contribution in [3.05, 3.63) is 102 Å². The predicted molar refractivity (Wildman–Crippen MR) is 111 cm³/mol. The molecule has 2 aromatic heterocycles. The molecule has 0 saturated carbocycles. The molecule has 0 radical (unpaired) electrons. The lowest BCUT2D eigenvalue weighted by molar-refractivity contribution is -0.399. The molecule has 0 fully saturated rings. The topological polar surface area (TPSA) is 19.8 Å². The van der Waals surface area contributed by atoms with Gasteiger partial charge >= 0.3 is 0 Å². The van der Waals surface area contributed by atoms with Gasteiger partial charge < -0.3 is 4.40 Å². The predicted octanol–water partition coefficient (Wildman–Crippen LogP) is 5.15. The van der Waals surface area contributed by atoms with Gasteiger partial charge in [0.25, 0.3) is 0 Å². The summed E-state index contributed by atoms with van der Waals surface area (Å²) in [5.74, 6) is 0.955. The Labute approximate surface area is 158 Å². The molecule has 3 nitrogen and oxygen atoms in total. The summed E-state index contributed by atoms with van der Waals surface area (Å²) < 4.78 is 4.40. The summed E-state index contributed by atoms with van der Waals surface area (Å²) in [4.78, 5) is 5.16. The summed E-state index contributed by atoms with van der Waals surface area (Å²) in [5, 5.41) is 0. The highest BCUT2D eigenvalue weighted by Gasteiger charge is 2.35. The second-order valence-electron chi connectivity index (χ2n) is 6.89.